The largest absolute Gasteiger partial charge is 0.327 e. The Morgan fingerprint density at radius 1 is 1.35 bits per heavy atom. The van der Waals surface area contributed by atoms with Crippen molar-refractivity contribution in [1.29, 1.82) is 0 Å². The Morgan fingerprint density at radius 3 is 2.80 bits per heavy atom. The van der Waals surface area contributed by atoms with E-state index in [0.29, 0.717) is 5.92 Å². The molecule has 0 radical (unpaired) electrons. The van der Waals surface area contributed by atoms with Crippen molar-refractivity contribution < 1.29 is 13.0 Å². The molecule has 0 bridgehead atoms. The maximum atomic E-state index is 13.7. The van der Waals surface area contributed by atoms with Crippen LogP contribution in [-0.4, -0.2) is 15.5 Å². The Hall–Kier alpha value is -0.810. The molecule has 20 heavy (non-hydrogen) atoms. The predicted octanol–water partition coefficient (Wildman–Crippen LogP) is 3.37. The van der Waals surface area contributed by atoms with Crippen molar-refractivity contribution in [2.24, 2.45) is 11.7 Å². The lowest BCUT2D eigenvalue weighted by Gasteiger charge is -2.33. The summed E-state index contributed by atoms with van der Waals surface area (Å²) in [5, 5.41) is -0.281. The molecule has 0 saturated heterocycles. The molecule has 2 N–H and O–H groups in total. The molecule has 0 aromatic heterocycles. The van der Waals surface area contributed by atoms with E-state index < -0.39 is 22.4 Å². The molecular weight excluding hydrogens is 280 g/mol. The molecule has 5 heteroatoms. The molecule has 2 rings (SSSR count). The van der Waals surface area contributed by atoms with Gasteiger partial charge in [-0.25, -0.2) is 8.78 Å². The van der Waals surface area contributed by atoms with E-state index in [0.717, 1.165) is 50.3 Å². The highest BCUT2D eigenvalue weighted by atomic mass is 32.2. The van der Waals surface area contributed by atoms with Crippen molar-refractivity contribution in [3.05, 3.63) is 29.8 Å². The van der Waals surface area contributed by atoms with E-state index in [9.17, 15) is 13.0 Å². The summed E-state index contributed by atoms with van der Waals surface area (Å²) in [5.41, 5.74) is 6.05. The Balaban J connectivity index is 2.19. The van der Waals surface area contributed by atoms with Gasteiger partial charge in [0, 0.05) is 6.04 Å². The van der Waals surface area contributed by atoms with Crippen LogP contribution in [0, 0.1) is 17.6 Å². The van der Waals surface area contributed by atoms with Gasteiger partial charge in [0.05, 0.1) is 20.9 Å². The number of rotatable bonds is 4. The van der Waals surface area contributed by atoms with Gasteiger partial charge in [0.15, 0.2) is 0 Å². The van der Waals surface area contributed by atoms with Gasteiger partial charge in [-0.15, -0.1) is 0 Å². The molecular formula is C15H21F2NOS. The summed E-state index contributed by atoms with van der Waals surface area (Å²) in [6.07, 6.45) is 4.73. The van der Waals surface area contributed by atoms with Gasteiger partial charge in [0.2, 0.25) is 0 Å². The van der Waals surface area contributed by atoms with Crippen LogP contribution in [0.3, 0.4) is 0 Å². The third kappa shape index (κ3) is 3.44. The fraction of sp³-hybridized carbons (Fsp3) is 0.600. The lowest BCUT2D eigenvalue weighted by molar-refractivity contribution is 0.313. The Labute approximate surface area is 121 Å². The van der Waals surface area contributed by atoms with Crippen molar-refractivity contribution in [2.75, 3.05) is 0 Å². The first-order chi connectivity index (χ1) is 9.52. The first kappa shape index (κ1) is 15.6. The van der Waals surface area contributed by atoms with E-state index in [-0.39, 0.29) is 16.2 Å². The van der Waals surface area contributed by atoms with Gasteiger partial charge in [-0.3, -0.25) is 4.21 Å². The van der Waals surface area contributed by atoms with Gasteiger partial charge in [-0.05, 0) is 43.4 Å². The molecule has 4 atom stereocenters. The highest BCUT2D eigenvalue weighted by Gasteiger charge is 2.33. The van der Waals surface area contributed by atoms with E-state index >= 15 is 0 Å². The maximum absolute atomic E-state index is 13.7. The summed E-state index contributed by atoms with van der Waals surface area (Å²) >= 11 is 0. The summed E-state index contributed by atoms with van der Waals surface area (Å²) < 4.78 is 39.5. The first-order valence-corrected chi connectivity index (χ1v) is 8.35. The number of hydrogen-bond donors (Lipinski definition) is 1. The Morgan fingerprint density at radius 2 is 2.10 bits per heavy atom. The molecule has 0 heterocycles. The zero-order valence-electron chi connectivity index (χ0n) is 11.6. The van der Waals surface area contributed by atoms with Crippen molar-refractivity contribution in [2.45, 2.75) is 55.2 Å². The van der Waals surface area contributed by atoms with Crippen LogP contribution < -0.4 is 5.73 Å². The molecule has 0 spiro atoms. The van der Waals surface area contributed by atoms with Crippen molar-refractivity contribution >= 4 is 10.8 Å². The lowest BCUT2D eigenvalue weighted by atomic mass is 9.83. The smallest absolute Gasteiger partial charge is 0.139 e. The molecule has 1 saturated carbocycles. The number of hydrogen-bond acceptors (Lipinski definition) is 2. The van der Waals surface area contributed by atoms with Crippen molar-refractivity contribution in [1.82, 2.24) is 0 Å². The van der Waals surface area contributed by atoms with Gasteiger partial charge in [0.25, 0.3) is 0 Å². The molecule has 1 aromatic rings. The first-order valence-electron chi connectivity index (χ1n) is 7.14. The molecule has 0 amide bonds. The van der Waals surface area contributed by atoms with Gasteiger partial charge in [0.1, 0.15) is 11.6 Å². The van der Waals surface area contributed by atoms with Gasteiger partial charge in [-0.1, -0.05) is 19.8 Å². The summed E-state index contributed by atoms with van der Waals surface area (Å²) in [7, 11) is -1.59. The zero-order chi connectivity index (χ0) is 14.7. The normalized spacial score (nSPS) is 28.3. The minimum Gasteiger partial charge on any atom is -0.327 e. The van der Waals surface area contributed by atoms with E-state index in [1.54, 1.807) is 0 Å². The topological polar surface area (TPSA) is 43.1 Å². The van der Waals surface area contributed by atoms with Crippen molar-refractivity contribution in [3.8, 4) is 0 Å². The zero-order valence-corrected chi connectivity index (χ0v) is 12.5. The third-order valence-electron chi connectivity index (χ3n) is 4.03. The standard InChI is InChI=1S/C15H21F2NOS/c1-2-3-10-4-7-13(18)15(8-10)20(19)14-9-11(16)5-6-12(14)17/h5-6,9-10,13,15H,2-4,7-8,18H2,1H3. The maximum Gasteiger partial charge on any atom is 0.139 e. The quantitative estimate of drug-likeness (QED) is 0.926. The fourth-order valence-corrected chi connectivity index (χ4v) is 4.66. The van der Waals surface area contributed by atoms with Crippen LogP contribution in [0.5, 0.6) is 0 Å². The number of benzene rings is 1. The van der Waals surface area contributed by atoms with Gasteiger partial charge >= 0.3 is 0 Å². The van der Waals surface area contributed by atoms with E-state index in [2.05, 4.69) is 6.92 Å². The van der Waals surface area contributed by atoms with Crippen LogP contribution in [0.1, 0.15) is 39.0 Å². The summed E-state index contributed by atoms with van der Waals surface area (Å²) in [4.78, 5) is -0.0531. The highest BCUT2D eigenvalue weighted by Crippen LogP contribution is 2.32. The minimum absolute atomic E-state index is 0.0531. The van der Waals surface area contributed by atoms with Crippen LogP contribution in [-0.2, 0) is 10.8 Å². The summed E-state index contributed by atoms with van der Waals surface area (Å²) in [5.74, 6) is -0.691. The van der Waals surface area contributed by atoms with E-state index in [4.69, 9.17) is 5.73 Å². The highest BCUT2D eigenvalue weighted by molar-refractivity contribution is 7.85. The Kier molecular flexibility index (Phi) is 5.27. The number of nitrogens with two attached hydrogens (primary N) is 1. The second-order valence-electron chi connectivity index (χ2n) is 5.54. The molecule has 4 unspecified atom stereocenters. The Bertz CT molecular complexity index is 495. The summed E-state index contributed by atoms with van der Waals surface area (Å²) in [6, 6.07) is 2.89. The predicted molar refractivity (Wildman–Crippen MR) is 76.8 cm³/mol. The van der Waals surface area contributed by atoms with E-state index in [1.165, 1.54) is 0 Å². The van der Waals surface area contributed by atoms with Crippen molar-refractivity contribution in [3.63, 3.8) is 0 Å². The van der Waals surface area contributed by atoms with Crippen LogP contribution >= 0.6 is 0 Å². The molecule has 1 aliphatic rings. The minimum atomic E-state index is -1.59. The van der Waals surface area contributed by atoms with Gasteiger partial charge < -0.3 is 5.73 Å². The molecule has 1 aromatic carbocycles. The number of halogens is 2. The second kappa shape index (κ2) is 6.76. The van der Waals surface area contributed by atoms with Crippen LogP contribution in [0.4, 0.5) is 8.78 Å². The monoisotopic (exact) mass is 301 g/mol. The average molecular weight is 301 g/mol. The molecule has 2 nitrogen and oxygen atoms in total. The third-order valence-corrected chi connectivity index (χ3v) is 5.87. The molecule has 0 aliphatic heterocycles. The second-order valence-corrected chi connectivity index (χ2v) is 7.18. The van der Waals surface area contributed by atoms with Crippen LogP contribution in [0.2, 0.25) is 0 Å². The molecule has 1 fully saturated rings. The lowest BCUT2D eigenvalue weighted by Crippen LogP contribution is -2.43. The van der Waals surface area contributed by atoms with Gasteiger partial charge in [-0.2, -0.15) is 0 Å². The van der Waals surface area contributed by atoms with Crippen LogP contribution in [0.25, 0.3) is 0 Å². The fourth-order valence-electron chi connectivity index (χ4n) is 2.95. The van der Waals surface area contributed by atoms with Crippen LogP contribution in [0.15, 0.2) is 23.1 Å². The SMILES string of the molecule is CCCC1CCC(N)C(S(=O)c2cc(F)ccc2F)C1. The average Bonchev–Trinajstić information content (AvgIpc) is 2.43. The van der Waals surface area contributed by atoms with E-state index in [1.807, 2.05) is 0 Å². The molecule has 112 valence electrons. The molecule has 1 aliphatic carbocycles. The summed E-state index contributed by atoms with van der Waals surface area (Å²) in [6.45, 7) is 2.12.